The highest BCUT2D eigenvalue weighted by molar-refractivity contribution is 5.92. The number of para-hydroxylation sites is 4. The minimum Gasteiger partial charge on any atom is -0.397 e. The number of fused-ring (bicyclic) bond motifs is 2. The summed E-state index contributed by atoms with van der Waals surface area (Å²) in [5, 5.41) is 0. The summed E-state index contributed by atoms with van der Waals surface area (Å²) in [5.41, 5.74) is 15.1. The van der Waals surface area contributed by atoms with Crippen molar-refractivity contribution in [1.29, 1.82) is 0 Å². The molecule has 0 bridgehead atoms. The fraction of sp³-hybridized carbons (Fsp3) is 0.0323. The zero-order valence-corrected chi connectivity index (χ0v) is 18.2. The van der Waals surface area contributed by atoms with Crippen LogP contribution in [0.2, 0.25) is 0 Å². The molecule has 2 heteroatoms. The van der Waals surface area contributed by atoms with Crippen molar-refractivity contribution in [1.82, 2.24) is 0 Å². The second-order valence-corrected chi connectivity index (χ2v) is 8.41. The first kappa shape index (κ1) is 19.4. The molecule has 2 N–H and O–H groups in total. The number of anilines is 4. The quantitative estimate of drug-likeness (QED) is 0.299. The molecule has 0 amide bonds. The van der Waals surface area contributed by atoms with E-state index in [0.717, 1.165) is 22.7 Å². The fourth-order valence-corrected chi connectivity index (χ4v) is 5.36. The van der Waals surface area contributed by atoms with E-state index in [1.165, 1.54) is 22.3 Å². The monoisotopic (exact) mass is 424 g/mol. The molecule has 6 rings (SSSR count). The van der Waals surface area contributed by atoms with Crippen LogP contribution in [0, 0.1) is 0 Å². The first-order valence-corrected chi connectivity index (χ1v) is 11.3. The van der Waals surface area contributed by atoms with E-state index in [4.69, 9.17) is 5.73 Å². The lowest BCUT2D eigenvalue weighted by Gasteiger charge is -2.46. The molecule has 1 aliphatic heterocycles. The molecular formula is C31H24N2. The molecule has 0 aliphatic carbocycles. The summed E-state index contributed by atoms with van der Waals surface area (Å²) in [6, 6.07) is 47.2. The van der Waals surface area contributed by atoms with Crippen LogP contribution in [0.1, 0.15) is 22.3 Å². The standard InChI is InChI=1S/C31H24N2/c32-27-19-9-12-22-30(27)33-28-20-10-7-17-25(28)31(23-13-3-1-4-14-23,24-15-5-2-6-16-24)26-18-8-11-21-29(26)33/h1-22H,32H2. The Bertz CT molecular complexity index is 1340. The van der Waals surface area contributed by atoms with Crippen LogP contribution in [0.4, 0.5) is 22.7 Å². The molecule has 0 fully saturated rings. The van der Waals surface area contributed by atoms with Gasteiger partial charge in [0.25, 0.3) is 0 Å². The largest absolute Gasteiger partial charge is 0.397 e. The van der Waals surface area contributed by atoms with Crippen molar-refractivity contribution >= 4 is 22.7 Å². The Morgan fingerprint density at radius 1 is 0.424 bits per heavy atom. The van der Waals surface area contributed by atoms with Crippen LogP contribution in [0.25, 0.3) is 0 Å². The molecule has 0 spiro atoms. The number of nitrogens with two attached hydrogens (primary N) is 1. The molecule has 158 valence electrons. The van der Waals surface area contributed by atoms with Gasteiger partial charge in [0.1, 0.15) is 0 Å². The molecule has 1 aliphatic rings. The van der Waals surface area contributed by atoms with E-state index in [9.17, 15) is 0 Å². The van der Waals surface area contributed by atoms with Crippen LogP contribution < -0.4 is 10.6 Å². The Morgan fingerprint density at radius 3 is 1.30 bits per heavy atom. The van der Waals surface area contributed by atoms with Gasteiger partial charge < -0.3 is 10.6 Å². The van der Waals surface area contributed by atoms with E-state index < -0.39 is 5.41 Å². The van der Waals surface area contributed by atoms with Crippen LogP contribution in [0.5, 0.6) is 0 Å². The lowest BCUT2D eigenvalue weighted by molar-refractivity contribution is 0.731. The second-order valence-electron chi connectivity index (χ2n) is 8.41. The van der Waals surface area contributed by atoms with Crippen molar-refractivity contribution in [3.8, 4) is 0 Å². The normalized spacial score (nSPS) is 13.8. The van der Waals surface area contributed by atoms with Gasteiger partial charge in [0.15, 0.2) is 0 Å². The SMILES string of the molecule is Nc1ccccc1N1c2ccccc2C(c2ccccc2)(c2ccccc2)c2ccccc21. The summed E-state index contributed by atoms with van der Waals surface area (Å²) in [5.74, 6) is 0. The van der Waals surface area contributed by atoms with Crippen molar-refractivity contribution in [2.45, 2.75) is 5.41 Å². The van der Waals surface area contributed by atoms with Gasteiger partial charge in [0.05, 0.1) is 28.2 Å². The van der Waals surface area contributed by atoms with E-state index >= 15 is 0 Å². The van der Waals surface area contributed by atoms with Crippen LogP contribution in [0.3, 0.4) is 0 Å². The second kappa shape index (κ2) is 7.68. The zero-order chi connectivity index (χ0) is 22.3. The van der Waals surface area contributed by atoms with E-state index in [-0.39, 0.29) is 0 Å². The molecule has 0 saturated carbocycles. The molecule has 5 aromatic carbocycles. The lowest BCUT2D eigenvalue weighted by Crippen LogP contribution is -2.37. The van der Waals surface area contributed by atoms with Gasteiger partial charge in [-0.1, -0.05) is 109 Å². The van der Waals surface area contributed by atoms with Crippen molar-refractivity contribution in [2.75, 3.05) is 10.6 Å². The Morgan fingerprint density at radius 2 is 0.818 bits per heavy atom. The molecule has 33 heavy (non-hydrogen) atoms. The highest BCUT2D eigenvalue weighted by Gasteiger charge is 2.46. The van der Waals surface area contributed by atoms with Crippen LogP contribution >= 0.6 is 0 Å². The highest BCUT2D eigenvalue weighted by Crippen LogP contribution is 2.57. The first-order chi connectivity index (χ1) is 16.3. The number of nitrogens with zero attached hydrogens (tertiary/aromatic N) is 1. The van der Waals surface area contributed by atoms with Gasteiger partial charge in [-0.25, -0.2) is 0 Å². The van der Waals surface area contributed by atoms with Crippen LogP contribution in [-0.2, 0) is 5.41 Å². The Kier molecular flexibility index (Phi) is 4.51. The van der Waals surface area contributed by atoms with Crippen molar-refractivity contribution in [2.24, 2.45) is 0 Å². The maximum absolute atomic E-state index is 6.51. The predicted octanol–water partition coefficient (Wildman–Crippen LogP) is 7.43. The van der Waals surface area contributed by atoms with Crippen molar-refractivity contribution in [3.63, 3.8) is 0 Å². The molecular weight excluding hydrogens is 400 g/mol. The minimum absolute atomic E-state index is 0.449. The van der Waals surface area contributed by atoms with Gasteiger partial charge >= 0.3 is 0 Å². The fourth-order valence-electron chi connectivity index (χ4n) is 5.36. The molecule has 0 unspecified atom stereocenters. The summed E-state index contributed by atoms with van der Waals surface area (Å²) in [6.45, 7) is 0. The van der Waals surface area contributed by atoms with Gasteiger partial charge in [0.2, 0.25) is 0 Å². The smallest absolute Gasteiger partial charge is 0.0742 e. The highest BCUT2D eigenvalue weighted by atomic mass is 15.2. The zero-order valence-electron chi connectivity index (χ0n) is 18.2. The Hall–Kier alpha value is -4.30. The third-order valence-corrected chi connectivity index (χ3v) is 6.69. The molecule has 0 aromatic heterocycles. The van der Waals surface area contributed by atoms with E-state index in [1.807, 2.05) is 18.2 Å². The van der Waals surface area contributed by atoms with Gasteiger partial charge in [-0.05, 0) is 46.5 Å². The number of hydrogen-bond donors (Lipinski definition) is 1. The maximum atomic E-state index is 6.51. The van der Waals surface area contributed by atoms with Crippen molar-refractivity contribution in [3.05, 3.63) is 156 Å². The topological polar surface area (TPSA) is 29.3 Å². The van der Waals surface area contributed by atoms with E-state index in [1.54, 1.807) is 0 Å². The first-order valence-electron chi connectivity index (χ1n) is 11.3. The number of benzene rings is 5. The van der Waals surface area contributed by atoms with Gasteiger partial charge in [-0.15, -0.1) is 0 Å². The summed E-state index contributed by atoms with van der Waals surface area (Å²) in [6.07, 6.45) is 0. The Balaban J connectivity index is 1.79. The van der Waals surface area contributed by atoms with Crippen LogP contribution in [0.15, 0.2) is 133 Å². The third-order valence-electron chi connectivity index (χ3n) is 6.69. The van der Waals surface area contributed by atoms with E-state index in [2.05, 4.69) is 120 Å². The third kappa shape index (κ3) is 2.81. The summed E-state index contributed by atoms with van der Waals surface area (Å²) in [4.78, 5) is 2.31. The average Bonchev–Trinajstić information content (AvgIpc) is 2.89. The predicted molar refractivity (Wildman–Crippen MR) is 137 cm³/mol. The summed E-state index contributed by atoms with van der Waals surface area (Å²) >= 11 is 0. The molecule has 0 radical (unpaired) electrons. The summed E-state index contributed by atoms with van der Waals surface area (Å²) in [7, 11) is 0. The molecule has 0 atom stereocenters. The number of nitrogen functional groups attached to an aromatic ring is 1. The molecule has 0 saturated heterocycles. The molecule has 2 nitrogen and oxygen atoms in total. The Labute approximate surface area is 194 Å². The lowest BCUT2D eigenvalue weighted by atomic mass is 9.62. The van der Waals surface area contributed by atoms with Gasteiger partial charge in [0, 0.05) is 0 Å². The van der Waals surface area contributed by atoms with Crippen LogP contribution in [-0.4, -0.2) is 0 Å². The van der Waals surface area contributed by atoms with E-state index in [0.29, 0.717) is 0 Å². The minimum atomic E-state index is -0.449. The molecule has 1 heterocycles. The number of hydrogen-bond acceptors (Lipinski definition) is 2. The van der Waals surface area contributed by atoms with Gasteiger partial charge in [-0.2, -0.15) is 0 Å². The number of rotatable bonds is 3. The van der Waals surface area contributed by atoms with Crippen molar-refractivity contribution < 1.29 is 0 Å². The molecule has 5 aromatic rings. The average molecular weight is 425 g/mol. The summed E-state index contributed by atoms with van der Waals surface area (Å²) < 4.78 is 0. The van der Waals surface area contributed by atoms with Gasteiger partial charge in [-0.3, -0.25) is 0 Å². The maximum Gasteiger partial charge on any atom is 0.0742 e.